The largest absolute Gasteiger partial charge is 0.464 e. The molecule has 4 rings (SSSR count). The predicted molar refractivity (Wildman–Crippen MR) is 107 cm³/mol. The molecule has 0 bridgehead atoms. The summed E-state index contributed by atoms with van der Waals surface area (Å²) in [5.41, 5.74) is 2.77. The molecule has 148 valence electrons. The van der Waals surface area contributed by atoms with Crippen LogP contribution in [0.25, 0.3) is 22.4 Å². The van der Waals surface area contributed by atoms with Gasteiger partial charge in [0.25, 0.3) is 0 Å². The third-order valence-electron chi connectivity index (χ3n) is 5.35. The van der Waals surface area contributed by atoms with E-state index in [0.717, 1.165) is 29.9 Å². The van der Waals surface area contributed by atoms with Crippen LogP contribution >= 0.6 is 0 Å². The molecule has 1 N–H and O–H groups in total. The van der Waals surface area contributed by atoms with Crippen molar-refractivity contribution >= 4 is 17.1 Å². The highest BCUT2D eigenvalue weighted by molar-refractivity contribution is 5.95. The molecule has 0 spiro atoms. The Kier molecular flexibility index (Phi) is 5.50. The van der Waals surface area contributed by atoms with Crippen LogP contribution in [0.2, 0.25) is 0 Å². The highest BCUT2D eigenvalue weighted by atomic mass is 16.5. The van der Waals surface area contributed by atoms with Gasteiger partial charge in [-0.05, 0) is 25.9 Å². The molecule has 1 fully saturated rings. The van der Waals surface area contributed by atoms with Gasteiger partial charge in [-0.15, -0.1) is 0 Å². The molecule has 1 saturated heterocycles. The lowest BCUT2D eigenvalue weighted by Crippen LogP contribution is -2.38. The van der Waals surface area contributed by atoms with E-state index >= 15 is 0 Å². The van der Waals surface area contributed by atoms with Crippen LogP contribution in [-0.4, -0.2) is 53.4 Å². The van der Waals surface area contributed by atoms with Gasteiger partial charge in [0, 0.05) is 24.2 Å². The maximum atomic E-state index is 12.3. The normalized spacial score (nSPS) is 16.4. The number of piperidine rings is 1. The number of rotatable bonds is 6. The molecule has 3 heterocycles. The predicted octanol–water partition coefficient (Wildman–Crippen LogP) is 3.53. The Morgan fingerprint density at radius 1 is 1.14 bits per heavy atom. The van der Waals surface area contributed by atoms with Crippen LogP contribution in [0, 0.1) is 0 Å². The van der Waals surface area contributed by atoms with E-state index in [2.05, 4.69) is 4.90 Å². The Morgan fingerprint density at radius 2 is 1.89 bits per heavy atom. The van der Waals surface area contributed by atoms with Crippen molar-refractivity contribution in [3.63, 3.8) is 0 Å². The van der Waals surface area contributed by atoms with Crippen molar-refractivity contribution in [3.05, 3.63) is 48.2 Å². The molecule has 3 aromatic rings. The second kappa shape index (κ2) is 8.20. The molecule has 6 heteroatoms. The number of hydrogen-bond acceptors (Lipinski definition) is 5. The number of carbonyl (C=O) groups excluding carboxylic acids is 1. The zero-order chi connectivity index (χ0) is 19.5. The third-order valence-corrected chi connectivity index (χ3v) is 5.35. The molecule has 1 aliphatic rings. The van der Waals surface area contributed by atoms with Crippen LogP contribution in [0.4, 0.5) is 0 Å². The number of aliphatic hydroxyl groups is 1. The molecule has 0 aliphatic carbocycles. The SMILES string of the molecule is COC(=O)c1cc2oc(-c3ccccc3)cc2n1CC(O)CN1CCCCC1. The third kappa shape index (κ3) is 3.84. The van der Waals surface area contributed by atoms with Crippen molar-refractivity contribution < 1.29 is 19.1 Å². The van der Waals surface area contributed by atoms with E-state index in [4.69, 9.17) is 9.15 Å². The summed E-state index contributed by atoms with van der Waals surface area (Å²) in [4.78, 5) is 14.5. The van der Waals surface area contributed by atoms with Gasteiger partial charge in [0.15, 0.2) is 5.58 Å². The molecule has 6 nitrogen and oxygen atoms in total. The highest BCUT2D eigenvalue weighted by Crippen LogP contribution is 2.30. The topological polar surface area (TPSA) is 67.8 Å². The van der Waals surface area contributed by atoms with Crippen molar-refractivity contribution in [3.8, 4) is 11.3 Å². The summed E-state index contributed by atoms with van der Waals surface area (Å²) in [6.45, 7) is 2.96. The molecule has 1 atom stereocenters. The average Bonchev–Trinajstić information content (AvgIpc) is 3.28. The van der Waals surface area contributed by atoms with E-state index < -0.39 is 12.1 Å². The fourth-order valence-corrected chi connectivity index (χ4v) is 3.97. The van der Waals surface area contributed by atoms with Crippen molar-refractivity contribution in [2.45, 2.75) is 31.9 Å². The van der Waals surface area contributed by atoms with E-state index in [0.29, 0.717) is 24.4 Å². The summed E-state index contributed by atoms with van der Waals surface area (Å²) < 4.78 is 12.7. The smallest absolute Gasteiger partial charge is 0.354 e. The van der Waals surface area contributed by atoms with Crippen LogP contribution in [0.1, 0.15) is 29.8 Å². The number of likely N-dealkylation sites (tertiary alicyclic amines) is 1. The second-order valence-corrected chi connectivity index (χ2v) is 7.37. The molecule has 28 heavy (non-hydrogen) atoms. The molecule has 0 amide bonds. The van der Waals surface area contributed by atoms with Crippen LogP contribution in [0.3, 0.4) is 0 Å². The fraction of sp³-hybridized carbons (Fsp3) is 0.409. The summed E-state index contributed by atoms with van der Waals surface area (Å²) >= 11 is 0. The Bertz CT molecular complexity index is 938. The molecule has 2 aromatic heterocycles. The number of aliphatic hydroxyl groups excluding tert-OH is 1. The maximum absolute atomic E-state index is 12.3. The lowest BCUT2D eigenvalue weighted by Gasteiger charge is -2.28. The summed E-state index contributed by atoms with van der Waals surface area (Å²) in [5.74, 6) is 0.305. The number of furan rings is 1. The minimum atomic E-state index is -0.577. The van der Waals surface area contributed by atoms with Crippen molar-refractivity contribution in [2.24, 2.45) is 0 Å². The Labute approximate surface area is 164 Å². The van der Waals surface area contributed by atoms with E-state index in [-0.39, 0.29) is 0 Å². The van der Waals surface area contributed by atoms with Crippen molar-refractivity contribution in [2.75, 3.05) is 26.7 Å². The minimum absolute atomic E-state index is 0.318. The number of hydrogen-bond donors (Lipinski definition) is 1. The van der Waals surface area contributed by atoms with Crippen molar-refractivity contribution in [1.82, 2.24) is 9.47 Å². The van der Waals surface area contributed by atoms with Gasteiger partial charge in [-0.25, -0.2) is 4.79 Å². The first-order chi connectivity index (χ1) is 13.7. The molecule has 0 radical (unpaired) electrons. The molecular formula is C22H26N2O4. The average molecular weight is 382 g/mol. The van der Waals surface area contributed by atoms with E-state index in [1.807, 2.05) is 41.0 Å². The molecule has 1 aliphatic heterocycles. The van der Waals surface area contributed by atoms with Gasteiger partial charge < -0.3 is 23.7 Å². The maximum Gasteiger partial charge on any atom is 0.354 e. The summed E-state index contributed by atoms with van der Waals surface area (Å²) in [7, 11) is 1.36. The first kappa shape index (κ1) is 18.8. The van der Waals surface area contributed by atoms with Crippen LogP contribution in [0.15, 0.2) is 46.9 Å². The molecule has 0 saturated carbocycles. The molecule has 1 unspecified atom stereocenters. The number of carbonyl (C=O) groups is 1. The van der Waals surface area contributed by atoms with Crippen LogP contribution in [0.5, 0.6) is 0 Å². The number of benzene rings is 1. The fourth-order valence-electron chi connectivity index (χ4n) is 3.97. The van der Waals surface area contributed by atoms with E-state index in [9.17, 15) is 9.90 Å². The summed E-state index contributed by atoms with van der Waals surface area (Å²) in [5, 5.41) is 10.7. The van der Waals surface area contributed by atoms with Gasteiger partial charge in [-0.2, -0.15) is 0 Å². The number of methoxy groups -OCH3 is 1. The van der Waals surface area contributed by atoms with Crippen molar-refractivity contribution in [1.29, 1.82) is 0 Å². The van der Waals surface area contributed by atoms with Gasteiger partial charge in [-0.1, -0.05) is 36.8 Å². The minimum Gasteiger partial charge on any atom is -0.464 e. The zero-order valence-corrected chi connectivity index (χ0v) is 16.1. The van der Waals surface area contributed by atoms with E-state index in [1.165, 1.54) is 26.4 Å². The van der Waals surface area contributed by atoms with Gasteiger partial charge in [0.1, 0.15) is 11.5 Å². The number of esters is 1. The quantitative estimate of drug-likeness (QED) is 0.661. The van der Waals surface area contributed by atoms with E-state index in [1.54, 1.807) is 6.07 Å². The summed E-state index contributed by atoms with van der Waals surface area (Å²) in [6.07, 6.45) is 3.04. The van der Waals surface area contributed by atoms with Gasteiger partial charge in [-0.3, -0.25) is 0 Å². The Morgan fingerprint density at radius 3 is 2.61 bits per heavy atom. The standard InChI is InChI=1S/C22H26N2O4/c1-27-22(26)19-13-21-18(12-20(28-21)16-8-4-2-5-9-16)24(19)15-17(25)14-23-10-6-3-7-11-23/h2,4-5,8-9,12-13,17,25H,3,6-7,10-11,14-15H2,1H3. The lowest BCUT2D eigenvalue weighted by atomic mass is 10.1. The van der Waals surface area contributed by atoms with Gasteiger partial charge >= 0.3 is 5.97 Å². The summed E-state index contributed by atoms with van der Waals surface area (Å²) in [6, 6.07) is 13.4. The number of fused-ring (bicyclic) bond motifs is 1. The van der Waals surface area contributed by atoms with Crippen LogP contribution < -0.4 is 0 Å². The Hall–Kier alpha value is -2.57. The zero-order valence-electron chi connectivity index (χ0n) is 16.1. The first-order valence-electron chi connectivity index (χ1n) is 9.83. The first-order valence-corrected chi connectivity index (χ1v) is 9.83. The highest BCUT2D eigenvalue weighted by Gasteiger charge is 2.23. The van der Waals surface area contributed by atoms with Gasteiger partial charge in [0.05, 0.1) is 25.3 Å². The number of β-amino-alcohol motifs (C(OH)–C–C–N with tert-alkyl or cyclic N) is 1. The molecular weight excluding hydrogens is 356 g/mol. The number of aromatic nitrogens is 1. The second-order valence-electron chi connectivity index (χ2n) is 7.37. The Balaban J connectivity index is 1.63. The van der Waals surface area contributed by atoms with Gasteiger partial charge in [0.2, 0.25) is 0 Å². The number of ether oxygens (including phenoxy) is 1. The van der Waals surface area contributed by atoms with Crippen LogP contribution in [-0.2, 0) is 11.3 Å². The monoisotopic (exact) mass is 382 g/mol. The molecule has 1 aromatic carbocycles. The number of nitrogens with zero attached hydrogens (tertiary/aromatic N) is 2. The lowest BCUT2D eigenvalue weighted by molar-refractivity contribution is 0.0576.